The van der Waals surface area contributed by atoms with Crippen molar-refractivity contribution in [3.05, 3.63) is 71.9 Å². The van der Waals surface area contributed by atoms with Crippen molar-refractivity contribution in [1.82, 2.24) is 5.43 Å². The third-order valence-electron chi connectivity index (χ3n) is 3.72. The standard InChI is InChI=1S/C20H21N3O5/c1-23(14-9-5-4-6-10-14)22-19(25)15-11-7-8-12-16(15)21-17(20(26)28-3)13-18(24)27-2/h4-13,21H,1-3H3,(H,22,25)/b17-13+. The fourth-order valence-corrected chi connectivity index (χ4v) is 2.30. The third-order valence-corrected chi connectivity index (χ3v) is 3.72. The van der Waals surface area contributed by atoms with E-state index in [1.807, 2.05) is 30.3 Å². The first-order valence-corrected chi connectivity index (χ1v) is 8.30. The summed E-state index contributed by atoms with van der Waals surface area (Å²) in [6.07, 6.45) is 0.955. The minimum Gasteiger partial charge on any atom is -0.466 e. The van der Waals surface area contributed by atoms with Gasteiger partial charge in [0.2, 0.25) is 0 Å². The SMILES string of the molecule is COC(=O)/C=C(/Nc1ccccc1C(=O)NN(C)c1ccccc1)C(=O)OC. The molecule has 1 amide bonds. The Morgan fingerprint density at radius 3 is 2.21 bits per heavy atom. The topological polar surface area (TPSA) is 97.0 Å². The molecule has 0 atom stereocenters. The predicted molar refractivity (Wildman–Crippen MR) is 104 cm³/mol. The largest absolute Gasteiger partial charge is 0.466 e. The van der Waals surface area contributed by atoms with Gasteiger partial charge in [0, 0.05) is 7.05 Å². The lowest BCUT2D eigenvalue weighted by atomic mass is 10.1. The molecule has 0 bridgehead atoms. The van der Waals surface area contributed by atoms with Crippen LogP contribution in [0, 0.1) is 0 Å². The number of nitrogens with zero attached hydrogens (tertiary/aromatic N) is 1. The van der Waals surface area contributed by atoms with E-state index in [0.717, 1.165) is 11.8 Å². The van der Waals surface area contributed by atoms with Crippen molar-refractivity contribution >= 4 is 29.2 Å². The number of benzene rings is 2. The van der Waals surface area contributed by atoms with Crippen LogP contribution in [0.5, 0.6) is 0 Å². The molecule has 2 aromatic rings. The van der Waals surface area contributed by atoms with E-state index in [9.17, 15) is 14.4 Å². The Balaban J connectivity index is 2.26. The number of hydrogen-bond donors (Lipinski definition) is 2. The maximum absolute atomic E-state index is 12.7. The highest BCUT2D eigenvalue weighted by molar-refractivity contribution is 6.03. The lowest BCUT2D eigenvalue weighted by Crippen LogP contribution is -2.39. The molecule has 0 heterocycles. The van der Waals surface area contributed by atoms with E-state index in [1.54, 1.807) is 36.3 Å². The summed E-state index contributed by atoms with van der Waals surface area (Å²) in [5.74, 6) is -1.92. The minimum absolute atomic E-state index is 0.161. The van der Waals surface area contributed by atoms with Crippen LogP contribution >= 0.6 is 0 Å². The van der Waals surface area contributed by atoms with Crippen LogP contribution in [-0.2, 0) is 19.1 Å². The maximum Gasteiger partial charge on any atom is 0.354 e. The number of rotatable bonds is 7. The quantitative estimate of drug-likeness (QED) is 0.429. The van der Waals surface area contributed by atoms with Gasteiger partial charge in [0.1, 0.15) is 5.70 Å². The molecule has 0 saturated carbocycles. The van der Waals surface area contributed by atoms with Crippen LogP contribution in [0.4, 0.5) is 11.4 Å². The van der Waals surface area contributed by atoms with Crippen molar-refractivity contribution in [1.29, 1.82) is 0 Å². The molecular weight excluding hydrogens is 362 g/mol. The average molecular weight is 383 g/mol. The van der Waals surface area contributed by atoms with Crippen molar-refractivity contribution < 1.29 is 23.9 Å². The first kappa shape index (κ1) is 20.5. The number of methoxy groups -OCH3 is 2. The van der Waals surface area contributed by atoms with E-state index in [4.69, 9.17) is 0 Å². The monoisotopic (exact) mass is 383 g/mol. The molecule has 0 unspecified atom stereocenters. The molecule has 28 heavy (non-hydrogen) atoms. The Bertz CT molecular complexity index is 880. The predicted octanol–water partition coefficient (Wildman–Crippen LogP) is 2.11. The van der Waals surface area contributed by atoms with Gasteiger partial charge in [0.25, 0.3) is 5.91 Å². The van der Waals surface area contributed by atoms with Crippen molar-refractivity contribution in [2.75, 3.05) is 31.6 Å². The lowest BCUT2D eigenvalue weighted by molar-refractivity contribution is -0.138. The number of amides is 1. The molecule has 0 saturated heterocycles. The third kappa shape index (κ3) is 5.34. The van der Waals surface area contributed by atoms with Crippen LogP contribution < -0.4 is 15.8 Å². The molecule has 0 aliphatic carbocycles. The summed E-state index contributed by atoms with van der Waals surface area (Å²) in [5.41, 5.74) is 3.97. The number of carbonyl (C=O) groups excluding carboxylic acids is 3. The van der Waals surface area contributed by atoms with Crippen LogP contribution in [0.1, 0.15) is 10.4 Å². The number of ether oxygens (including phenoxy) is 2. The van der Waals surface area contributed by atoms with Gasteiger partial charge in [-0.25, -0.2) is 9.59 Å². The molecule has 2 rings (SSSR count). The first-order chi connectivity index (χ1) is 13.5. The fourth-order valence-electron chi connectivity index (χ4n) is 2.30. The van der Waals surface area contributed by atoms with Crippen LogP contribution in [0.25, 0.3) is 0 Å². The van der Waals surface area contributed by atoms with Crippen LogP contribution in [0.2, 0.25) is 0 Å². The van der Waals surface area contributed by atoms with Gasteiger partial charge in [0.05, 0.1) is 37.2 Å². The van der Waals surface area contributed by atoms with Gasteiger partial charge >= 0.3 is 11.9 Å². The summed E-state index contributed by atoms with van der Waals surface area (Å²) in [6.45, 7) is 0. The highest BCUT2D eigenvalue weighted by Crippen LogP contribution is 2.18. The van der Waals surface area contributed by atoms with Gasteiger partial charge in [-0.05, 0) is 24.3 Å². The molecule has 0 aliphatic heterocycles. The van der Waals surface area contributed by atoms with E-state index < -0.39 is 17.8 Å². The Labute approximate surface area is 162 Å². The van der Waals surface area contributed by atoms with E-state index in [0.29, 0.717) is 5.69 Å². The van der Waals surface area contributed by atoms with E-state index in [-0.39, 0.29) is 11.3 Å². The number of para-hydroxylation sites is 2. The zero-order valence-corrected chi connectivity index (χ0v) is 15.8. The van der Waals surface area contributed by atoms with Crippen molar-refractivity contribution in [3.63, 3.8) is 0 Å². The van der Waals surface area contributed by atoms with E-state index in [2.05, 4.69) is 20.2 Å². The number of anilines is 2. The zero-order chi connectivity index (χ0) is 20.5. The van der Waals surface area contributed by atoms with E-state index >= 15 is 0 Å². The maximum atomic E-state index is 12.7. The van der Waals surface area contributed by atoms with Crippen molar-refractivity contribution in [2.45, 2.75) is 0 Å². The van der Waals surface area contributed by atoms with Gasteiger partial charge in [-0.3, -0.25) is 15.2 Å². The molecule has 0 fully saturated rings. The van der Waals surface area contributed by atoms with Gasteiger partial charge in [-0.1, -0.05) is 30.3 Å². The second kappa shape index (κ2) is 9.77. The number of nitrogens with one attached hydrogen (secondary N) is 2. The Kier molecular flexibility index (Phi) is 7.15. The summed E-state index contributed by atoms with van der Waals surface area (Å²) in [5, 5.41) is 4.34. The summed E-state index contributed by atoms with van der Waals surface area (Å²) < 4.78 is 9.21. The number of esters is 2. The van der Waals surface area contributed by atoms with Crippen molar-refractivity contribution in [3.8, 4) is 0 Å². The molecule has 0 radical (unpaired) electrons. The smallest absolute Gasteiger partial charge is 0.354 e. The normalized spacial score (nSPS) is 10.6. The Morgan fingerprint density at radius 2 is 1.57 bits per heavy atom. The van der Waals surface area contributed by atoms with Gasteiger partial charge < -0.3 is 14.8 Å². The second-order valence-electron chi connectivity index (χ2n) is 5.58. The Morgan fingerprint density at radius 1 is 0.929 bits per heavy atom. The number of carbonyl (C=O) groups is 3. The molecule has 146 valence electrons. The van der Waals surface area contributed by atoms with E-state index in [1.165, 1.54) is 14.2 Å². The van der Waals surface area contributed by atoms with Gasteiger partial charge in [-0.2, -0.15) is 0 Å². The zero-order valence-electron chi connectivity index (χ0n) is 15.8. The second-order valence-corrected chi connectivity index (χ2v) is 5.58. The minimum atomic E-state index is -0.776. The first-order valence-electron chi connectivity index (χ1n) is 8.30. The molecule has 8 nitrogen and oxygen atoms in total. The fraction of sp³-hybridized carbons (Fsp3) is 0.150. The molecule has 2 N–H and O–H groups in total. The Hall–Kier alpha value is -3.81. The highest BCUT2D eigenvalue weighted by atomic mass is 16.5. The summed E-state index contributed by atoms with van der Waals surface area (Å²) in [4.78, 5) is 36.2. The number of hydrazine groups is 1. The summed E-state index contributed by atoms with van der Waals surface area (Å²) >= 11 is 0. The summed E-state index contributed by atoms with van der Waals surface area (Å²) in [6, 6.07) is 15.8. The highest BCUT2D eigenvalue weighted by Gasteiger charge is 2.18. The van der Waals surface area contributed by atoms with Crippen LogP contribution in [-0.4, -0.2) is 39.1 Å². The van der Waals surface area contributed by atoms with Gasteiger partial charge in [0.15, 0.2) is 0 Å². The average Bonchev–Trinajstić information content (AvgIpc) is 2.73. The molecule has 0 spiro atoms. The number of hydrogen-bond acceptors (Lipinski definition) is 7. The summed E-state index contributed by atoms with van der Waals surface area (Å²) in [7, 11) is 4.08. The lowest BCUT2D eigenvalue weighted by Gasteiger charge is -2.21. The molecular formula is C20H21N3O5. The van der Waals surface area contributed by atoms with Crippen LogP contribution in [0.15, 0.2) is 66.4 Å². The molecule has 8 heteroatoms. The molecule has 0 aromatic heterocycles. The molecule has 0 aliphatic rings. The van der Waals surface area contributed by atoms with Crippen molar-refractivity contribution in [2.24, 2.45) is 0 Å². The van der Waals surface area contributed by atoms with Crippen LogP contribution in [0.3, 0.4) is 0 Å². The van der Waals surface area contributed by atoms with Gasteiger partial charge in [-0.15, -0.1) is 0 Å². The molecule has 2 aromatic carbocycles.